The third-order valence-corrected chi connectivity index (χ3v) is 4.20. The van der Waals surface area contributed by atoms with Crippen LogP contribution in [-0.2, 0) is 9.31 Å². The average molecular weight is 280 g/mol. The first-order valence-corrected chi connectivity index (χ1v) is 6.90. The highest BCUT2D eigenvalue weighted by Gasteiger charge is 2.52. The Balaban J connectivity index is 2.38. The van der Waals surface area contributed by atoms with Crippen molar-refractivity contribution in [3.05, 3.63) is 24.0 Å². The largest absolute Gasteiger partial charge is 0.495 e. The first-order valence-electron chi connectivity index (χ1n) is 6.90. The quantitative estimate of drug-likeness (QED) is 0.611. The number of halogens is 1. The van der Waals surface area contributed by atoms with Gasteiger partial charge in [-0.15, -0.1) is 0 Å². The maximum atomic E-state index is 13.9. The molecule has 0 amide bonds. The molecule has 5 heteroatoms. The summed E-state index contributed by atoms with van der Waals surface area (Å²) in [7, 11) is 5.48. The predicted molar refractivity (Wildman–Crippen MR) is 81.7 cm³/mol. The van der Waals surface area contributed by atoms with Crippen molar-refractivity contribution in [2.45, 2.75) is 38.9 Å². The van der Waals surface area contributed by atoms with Crippen molar-refractivity contribution in [2.75, 3.05) is 21.1 Å². The number of hydrogen-bond donors (Lipinski definition) is 0. The van der Waals surface area contributed by atoms with E-state index in [1.807, 2.05) is 54.9 Å². The van der Waals surface area contributed by atoms with E-state index in [4.69, 9.17) is 9.31 Å². The van der Waals surface area contributed by atoms with Gasteiger partial charge in [0.15, 0.2) is 0 Å². The van der Waals surface area contributed by atoms with E-state index < -0.39 is 18.3 Å². The van der Waals surface area contributed by atoms with E-state index in [0.717, 1.165) is 11.2 Å². The van der Waals surface area contributed by atoms with Crippen molar-refractivity contribution in [3.63, 3.8) is 0 Å². The first kappa shape index (κ1) is 15.5. The molecule has 1 aliphatic heterocycles. The number of hydrogen-bond acceptors (Lipinski definition) is 2. The maximum Gasteiger partial charge on any atom is 0.495 e. The third kappa shape index (κ3) is 2.75. The van der Waals surface area contributed by atoms with Crippen LogP contribution in [0.3, 0.4) is 0 Å². The Morgan fingerprint density at radius 1 is 0.950 bits per heavy atom. The van der Waals surface area contributed by atoms with Gasteiger partial charge >= 0.3 is 7.12 Å². The van der Waals surface area contributed by atoms with Crippen LogP contribution in [0.15, 0.2) is 18.2 Å². The van der Waals surface area contributed by atoms with Crippen LogP contribution in [0.4, 0.5) is 10.1 Å². The second kappa shape index (κ2) is 4.55. The van der Waals surface area contributed by atoms with Gasteiger partial charge in [-0.3, -0.25) is 4.48 Å². The van der Waals surface area contributed by atoms with Crippen molar-refractivity contribution >= 4 is 18.3 Å². The van der Waals surface area contributed by atoms with Crippen molar-refractivity contribution in [3.8, 4) is 0 Å². The standard InChI is InChI=1S/C15H24BFNO2/c1-14(2)15(3,4)20-16(19-14)11-8-12(17)10-13(9-11)18(5,6)7/h8-10H,1-7H3/q+1. The van der Waals surface area contributed by atoms with Gasteiger partial charge < -0.3 is 9.31 Å². The Morgan fingerprint density at radius 2 is 1.45 bits per heavy atom. The van der Waals surface area contributed by atoms with E-state index in [1.54, 1.807) is 6.07 Å². The summed E-state index contributed by atoms with van der Waals surface area (Å²) in [5, 5.41) is 0. The van der Waals surface area contributed by atoms with Crippen LogP contribution in [0.2, 0.25) is 0 Å². The van der Waals surface area contributed by atoms with Gasteiger partial charge in [-0.25, -0.2) is 4.39 Å². The fourth-order valence-corrected chi connectivity index (χ4v) is 2.10. The molecule has 0 aliphatic carbocycles. The van der Waals surface area contributed by atoms with E-state index in [-0.39, 0.29) is 5.82 Å². The molecule has 1 heterocycles. The van der Waals surface area contributed by atoms with Crippen molar-refractivity contribution in [2.24, 2.45) is 0 Å². The summed E-state index contributed by atoms with van der Waals surface area (Å²) in [4.78, 5) is 0. The highest BCUT2D eigenvalue weighted by atomic mass is 19.1. The van der Waals surface area contributed by atoms with Gasteiger partial charge in [0.1, 0.15) is 11.5 Å². The minimum Gasteiger partial charge on any atom is -0.399 e. The number of nitrogens with zero attached hydrogens (tertiary/aromatic N) is 1. The Bertz CT molecular complexity index is 507. The van der Waals surface area contributed by atoms with Gasteiger partial charge in [-0.05, 0) is 45.3 Å². The Hall–Kier alpha value is -0.905. The Labute approximate surface area is 121 Å². The second-order valence-electron chi connectivity index (χ2n) is 7.34. The SMILES string of the molecule is CC1(C)OB(c2cc(F)cc([N+](C)(C)C)c2)OC1(C)C. The molecule has 0 saturated carbocycles. The van der Waals surface area contributed by atoms with Crippen LogP contribution in [0.5, 0.6) is 0 Å². The van der Waals surface area contributed by atoms with E-state index in [2.05, 4.69) is 0 Å². The van der Waals surface area contributed by atoms with E-state index in [9.17, 15) is 4.39 Å². The molecular weight excluding hydrogens is 256 g/mol. The molecule has 1 fully saturated rings. The van der Waals surface area contributed by atoms with Crippen molar-refractivity contribution in [1.29, 1.82) is 0 Å². The fraction of sp³-hybridized carbons (Fsp3) is 0.600. The van der Waals surface area contributed by atoms with E-state index >= 15 is 0 Å². The molecule has 1 aliphatic rings. The lowest BCUT2D eigenvalue weighted by atomic mass is 9.78. The van der Waals surface area contributed by atoms with Crippen LogP contribution in [0.25, 0.3) is 0 Å². The van der Waals surface area contributed by atoms with Gasteiger partial charge in [0.05, 0.1) is 32.3 Å². The third-order valence-electron chi connectivity index (χ3n) is 4.20. The molecular formula is C15H24BFNO2+. The zero-order valence-electron chi connectivity index (χ0n) is 13.5. The summed E-state index contributed by atoms with van der Waals surface area (Å²) in [6.45, 7) is 7.97. The van der Waals surface area contributed by atoms with Crippen LogP contribution in [-0.4, -0.2) is 39.5 Å². The zero-order valence-corrected chi connectivity index (χ0v) is 13.5. The molecule has 0 N–H and O–H groups in total. The molecule has 110 valence electrons. The van der Waals surface area contributed by atoms with E-state index in [1.165, 1.54) is 6.07 Å². The maximum absolute atomic E-state index is 13.9. The number of quaternary nitrogens is 1. The van der Waals surface area contributed by atoms with Gasteiger partial charge in [0.25, 0.3) is 0 Å². The Morgan fingerprint density at radius 3 is 1.90 bits per heavy atom. The van der Waals surface area contributed by atoms with Gasteiger partial charge in [-0.1, -0.05) is 0 Å². The normalized spacial score (nSPS) is 21.3. The summed E-state index contributed by atoms with van der Waals surface area (Å²) in [5.74, 6) is -0.264. The van der Waals surface area contributed by atoms with Crippen LogP contribution in [0, 0.1) is 5.82 Å². The molecule has 1 aromatic rings. The van der Waals surface area contributed by atoms with Crippen LogP contribution < -0.4 is 9.95 Å². The van der Waals surface area contributed by atoms with Crippen molar-refractivity contribution in [1.82, 2.24) is 4.48 Å². The molecule has 20 heavy (non-hydrogen) atoms. The minimum absolute atomic E-state index is 0.264. The zero-order chi connectivity index (χ0) is 15.3. The van der Waals surface area contributed by atoms with Crippen LogP contribution in [0.1, 0.15) is 27.7 Å². The molecule has 0 spiro atoms. The summed E-state index contributed by atoms with van der Waals surface area (Å²) < 4.78 is 26.4. The lowest BCUT2D eigenvalue weighted by Crippen LogP contribution is -2.41. The molecule has 0 bridgehead atoms. The number of rotatable bonds is 2. The molecule has 2 rings (SSSR count). The molecule has 3 nitrogen and oxygen atoms in total. The number of benzene rings is 1. The lowest BCUT2D eigenvalue weighted by molar-refractivity contribution is 0.00578. The Kier molecular flexibility index (Phi) is 3.52. The molecule has 1 aromatic carbocycles. The fourth-order valence-electron chi connectivity index (χ4n) is 2.10. The highest BCUT2D eigenvalue weighted by molar-refractivity contribution is 6.62. The molecule has 0 unspecified atom stereocenters. The monoisotopic (exact) mass is 280 g/mol. The summed E-state index contributed by atoms with van der Waals surface area (Å²) in [6, 6.07) is 4.99. The van der Waals surface area contributed by atoms with Crippen LogP contribution >= 0.6 is 0 Å². The average Bonchev–Trinajstić information content (AvgIpc) is 2.46. The minimum atomic E-state index is -0.527. The predicted octanol–water partition coefficient (Wildman–Crippen LogP) is 2.32. The topological polar surface area (TPSA) is 18.5 Å². The smallest absolute Gasteiger partial charge is 0.399 e. The second-order valence-corrected chi connectivity index (χ2v) is 7.34. The van der Waals surface area contributed by atoms with Crippen molar-refractivity contribution < 1.29 is 13.7 Å². The van der Waals surface area contributed by atoms with Gasteiger partial charge in [-0.2, -0.15) is 0 Å². The summed E-state index contributed by atoms with van der Waals surface area (Å²) in [6.07, 6.45) is 0. The molecule has 0 atom stereocenters. The molecule has 0 aromatic heterocycles. The summed E-state index contributed by atoms with van der Waals surface area (Å²) >= 11 is 0. The molecule has 0 radical (unpaired) electrons. The lowest BCUT2D eigenvalue weighted by Gasteiger charge is -2.32. The van der Waals surface area contributed by atoms with Gasteiger partial charge in [0.2, 0.25) is 0 Å². The summed E-state index contributed by atoms with van der Waals surface area (Å²) in [5.41, 5.74) is 0.781. The first-order chi connectivity index (χ1) is 8.92. The van der Waals surface area contributed by atoms with Gasteiger partial charge in [0, 0.05) is 6.07 Å². The highest BCUT2D eigenvalue weighted by Crippen LogP contribution is 2.36. The van der Waals surface area contributed by atoms with E-state index in [0.29, 0.717) is 4.48 Å². The molecule has 1 saturated heterocycles.